The fourth-order valence-corrected chi connectivity index (χ4v) is 2.35. The van der Waals surface area contributed by atoms with Gasteiger partial charge in [-0.15, -0.1) is 0 Å². The zero-order chi connectivity index (χ0) is 13.3. The third-order valence-corrected chi connectivity index (χ3v) is 3.10. The fourth-order valence-electron chi connectivity index (χ4n) is 1.59. The van der Waals surface area contributed by atoms with Gasteiger partial charge in [0.2, 0.25) is 0 Å². The van der Waals surface area contributed by atoms with Crippen molar-refractivity contribution in [3.8, 4) is 5.82 Å². The Labute approximate surface area is 110 Å². The Morgan fingerprint density at radius 1 is 1.28 bits per heavy atom. The maximum atomic E-state index is 11.7. The molecule has 0 saturated heterocycles. The minimum Gasteiger partial charge on any atom is -0.294 e. The number of nitrogens with one attached hydrogen (secondary N) is 1. The minimum atomic E-state index is -0.105. The van der Waals surface area contributed by atoms with Gasteiger partial charge in [0.1, 0.15) is 0 Å². The van der Waals surface area contributed by atoms with E-state index in [1.807, 2.05) is 13.8 Å². The lowest BCUT2D eigenvalue weighted by atomic mass is 10.4. The molecule has 0 aromatic carbocycles. The molecule has 2 aromatic rings. The Kier molecular flexibility index (Phi) is 3.56. The van der Waals surface area contributed by atoms with Crippen LogP contribution in [0.5, 0.6) is 0 Å². The maximum absolute atomic E-state index is 11.7. The molecule has 0 aliphatic heterocycles. The number of H-pyrrole nitrogens is 1. The van der Waals surface area contributed by atoms with E-state index in [0.717, 1.165) is 11.4 Å². The largest absolute Gasteiger partial charge is 0.294 e. The number of aryl methyl sites for hydroxylation is 2. The van der Waals surface area contributed by atoms with Gasteiger partial charge >= 0.3 is 0 Å². The molecular formula is C12H16N4OS. The van der Waals surface area contributed by atoms with Gasteiger partial charge in [0.05, 0.1) is 0 Å². The molecule has 18 heavy (non-hydrogen) atoms. The number of hydrogen-bond donors (Lipinski definition) is 1. The van der Waals surface area contributed by atoms with Crippen molar-refractivity contribution in [1.82, 2.24) is 19.7 Å². The third kappa shape index (κ3) is 2.81. The molecule has 0 unspecified atom stereocenters. The van der Waals surface area contributed by atoms with Crippen LogP contribution in [-0.2, 0) is 0 Å². The summed E-state index contributed by atoms with van der Waals surface area (Å²) >= 11 is 1.58. The van der Waals surface area contributed by atoms with Crippen molar-refractivity contribution in [3.63, 3.8) is 0 Å². The van der Waals surface area contributed by atoms with Gasteiger partial charge in [0, 0.05) is 28.8 Å². The fraction of sp³-hybridized carbons (Fsp3) is 0.417. The predicted molar refractivity (Wildman–Crippen MR) is 72.4 cm³/mol. The number of aromatic nitrogens is 4. The normalized spacial score (nSPS) is 11.2. The van der Waals surface area contributed by atoms with Gasteiger partial charge in [-0.05, 0) is 13.8 Å². The van der Waals surface area contributed by atoms with E-state index in [1.54, 1.807) is 23.9 Å². The van der Waals surface area contributed by atoms with Crippen LogP contribution in [0.3, 0.4) is 0 Å². The van der Waals surface area contributed by atoms with Gasteiger partial charge in [-0.25, -0.2) is 14.6 Å². The molecule has 0 bridgehead atoms. The number of aromatic amines is 1. The Bertz CT molecular complexity index is 615. The molecule has 6 heteroatoms. The molecule has 1 N–H and O–H groups in total. The molecular weight excluding hydrogens is 248 g/mol. The lowest BCUT2D eigenvalue weighted by Crippen LogP contribution is -2.16. The second-order valence-electron chi connectivity index (χ2n) is 4.43. The molecule has 2 aromatic heterocycles. The monoisotopic (exact) mass is 264 g/mol. The average Bonchev–Trinajstić information content (AvgIpc) is 2.55. The number of thioether (sulfide) groups is 1. The summed E-state index contributed by atoms with van der Waals surface area (Å²) in [6.45, 7) is 7.91. The quantitative estimate of drug-likeness (QED) is 0.681. The highest BCUT2D eigenvalue weighted by Gasteiger charge is 2.09. The molecule has 0 fully saturated rings. The molecule has 2 heterocycles. The lowest BCUT2D eigenvalue weighted by molar-refractivity contribution is 0.770. The first kappa shape index (κ1) is 12.9. The van der Waals surface area contributed by atoms with Crippen LogP contribution in [0.2, 0.25) is 0 Å². The summed E-state index contributed by atoms with van der Waals surface area (Å²) in [7, 11) is 0. The van der Waals surface area contributed by atoms with E-state index in [2.05, 4.69) is 28.9 Å². The van der Waals surface area contributed by atoms with Crippen LogP contribution in [0.25, 0.3) is 5.82 Å². The average molecular weight is 264 g/mol. The summed E-state index contributed by atoms with van der Waals surface area (Å²) in [5, 5.41) is 4.07. The number of nitrogens with zero attached hydrogens (tertiary/aromatic N) is 3. The molecule has 2 rings (SSSR count). The van der Waals surface area contributed by atoms with Crippen LogP contribution >= 0.6 is 11.8 Å². The highest BCUT2D eigenvalue weighted by atomic mass is 32.2. The topological polar surface area (TPSA) is 63.6 Å². The molecule has 0 atom stereocenters. The van der Waals surface area contributed by atoms with Crippen molar-refractivity contribution in [1.29, 1.82) is 0 Å². The van der Waals surface area contributed by atoms with Gasteiger partial charge < -0.3 is 0 Å². The summed E-state index contributed by atoms with van der Waals surface area (Å²) in [6.07, 6.45) is 0. The first-order valence-corrected chi connectivity index (χ1v) is 6.65. The smallest absolute Gasteiger partial charge is 0.272 e. The zero-order valence-corrected chi connectivity index (χ0v) is 11.7. The Balaban J connectivity index is 2.48. The highest BCUT2D eigenvalue weighted by molar-refractivity contribution is 7.99. The summed E-state index contributed by atoms with van der Waals surface area (Å²) in [5.41, 5.74) is 1.56. The number of hydrogen-bond acceptors (Lipinski definition) is 4. The molecule has 5 nitrogen and oxygen atoms in total. The zero-order valence-electron chi connectivity index (χ0n) is 10.9. The van der Waals surface area contributed by atoms with Crippen LogP contribution in [-0.4, -0.2) is 25.0 Å². The minimum absolute atomic E-state index is 0.105. The van der Waals surface area contributed by atoms with Crippen molar-refractivity contribution in [3.05, 3.63) is 33.9 Å². The second kappa shape index (κ2) is 4.97. The molecule has 0 saturated carbocycles. The lowest BCUT2D eigenvalue weighted by Gasteiger charge is -2.07. The Morgan fingerprint density at radius 3 is 2.56 bits per heavy atom. The first-order valence-electron chi connectivity index (χ1n) is 5.77. The van der Waals surface area contributed by atoms with Gasteiger partial charge in [0.15, 0.2) is 11.0 Å². The van der Waals surface area contributed by atoms with E-state index in [0.29, 0.717) is 16.2 Å². The molecule has 0 aliphatic rings. The summed E-state index contributed by atoms with van der Waals surface area (Å²) < 4.78 is 1.44. The SMILES string of the molecule is Cc1cc(-n2[nH]c(C)cc2=O)nc(SC(C)C)n1. The van der Waals surface area contributed by atoms with Gasteiger partial charge in [-0.3, -0.25) is 9.89 Å². The van der Waals surface area contributed by atoms with E-state index >= 15 is 0 Å². The van der Waals surface area contributed by atoms with Gasteiger partial charge in [-0.2, -0.15) is 0 Å². The van der Waals surface area contributed by atoms with Crippen LogP contribution < -0.4 is 5.56 Å². The van der Waals surface area contributed by atoms with Crippen molar-refractivity contribution in [2.45, 2.75) is 38.1 Å². The second-order valence-corrected chi connectivity index (χ2v) is 5.97. The van der Waals surface area contributed by atoms with E-state index in [9.17, 15) is 4.79 Å². The highest BCUT2D eigenvalue weighted by Crippen LogP contribution is 2.19. The number of rotatable bonds is 3. The van der Waals surface area contributed by atoms with Gasteiger partial charge in [-0.1, -0.05) is 25.6 Å². The van der Waals surface area contributed by atoms with Crippen molar-refractivity contribution in [2.75, 3.05) is 0 Å². The molecule has 96 valence electrons. The molecule has 0 amide bonds. The van der Waals surface area contributed by atoms with Crippen molar-refractivity contribution < 1.29 is 0 Å². The van der Waals surface area contributed by atoms with E-state index in [4.69, 9.17) is 0 Å². The van der Waals surface area contributed by atoms with E-state index in [1.165, 1.54) is 4.68 Å². The van der Waals surface area contributed by atoms with Crippen LogP contribution in [0.1, 0.15) is 25.2 Å². The maximum Gasteiger partial charge on any atom is 0.272 e. The molecule has 0 spiro atoms. The van der Waals surface area contributed by atoms with Gasteiger partial charge in [0.25, 0.3) is 5.56 Å². The summed E-state index contributed by atoms with van der Waals surface area (Å²) in [5.74, 6) is 0.587. The Morgan fingerprint density at radius 2 is 2.00 bits per heavy atom. The van der Waals surface area contributed by atoms with Crippen molar-refractivity contribution in [2.24, 2.45) is 0 Å². The Hall–Kier alpha value is -1.56. The standard InChI is InChI=1S/C12H16N4OS/c1-7(2)18-12-13-8(3)5-10(14-12)16-11(17)6-9(4)15-16/h5-7,15H,1-4H3. The van der Waals surface area contributed by atoms with Crippen LogP contribution in [0, 0.1) is 13.8 Å². The third-order valence-electron chi connectivity index (χ3n) is 2.24. The summed E-state index contributed by atoms with van der Waals surface area (Å²) in [6, 6.07) is 3.34. The molecule has 0 radical (unpaired) electrons. The van der Waals surface area contributed by atoms with E-state index in [-0.39, 0.29) is 5.56 Å². The van der Waals surface area contributed by atoms with E-state index < -0.39 is 0 Å². The van der Waals surface area contributed by atoms with Crippen LogP contribution in [0.15, 0.2) is 22.1 Å². The first-order chi connectivity index (χ1) is 8.45. The van der Waals surface area contributed by atoms with Crippen molar-refractivity contribution >= 4 is 11.8 Å². The molecule has 0 aliphatic carbocycles. The van der Waals surface area contributed by atoms with Crippen LogP contribution in [0.4, 0.5) is 0 Å². The predicted octanol–water partition coefficient (Wildman–Crippen LogP) is 2.07. The summed E-state index contributed by atoms with van der Waals surface area (Å²) in [4.78, 5) is 20.5.